The van der Waals surface area contributed by atoms with E-state index in [9.17, 15) is 14.4 Å². The first-order chi connectivity index (χ1) is 16.4. The molecule has 2 aromatic carbocycles. The van der Waals surface area contributed by atoms with Gasteiger partial charge in [0.15, 0.2) is 0 Å². The second-order valence-corrected chi connectivity index (χ2v) is 9.97. The molecule has 2 aromatic rings. The van der Waals surface area contributed by atoms with Crippen molar-refractivity contribution in [2.45, 2.75) is 50.6 Å². The van der Waals surface area contributed by atoms with E-state index < -0.39 is 0 Å². The van der Waals surface area contributed by atoms with Gasteiger partial charge in [0.25, 0.3) is 11.8 Å². The Kier molecular flexibility index (Phi) is 8.11. The Balaban J connectivity index is 1.37. The van der Waals surface area contributed by atoms with E-state index in [1.807, 2.05) is 18.2 Å². The van der Waals surface area contributed by atoms with Gasteiger partial charge in [-0.05, 0) is 56.0 Å². The number of amides is 3. The molecule has 1 saturated carbocycles. The van der Waals surface area contributed by atoms with Crippen LogP contribution in [0.15, 0.2) is 48.5 Å². The van der Waals surface area contributed by atoms with Gasteiger partial charge in [0.05, 0.1) is 5.92 Å². The largest absolute Gasteiger partial charge is 0.351 e. The third kappa shape index (κ3) is 6.10. The van der Waals surface area contributed by atoms with Gasteiger partial charge in [-0.3, -0.25) is 14.4 Å². The summed E-state index contributed by atoms with van der Waals surface area (Å²) in [5, 5.41) is 7.10. The van der Waals surface area contributed by atoms with E-state index in [4.69, 9.17) is 23.2 Å². The van der Waals surface area contributed by atoms with Crippen molar-refractivity contribution in [3.63, 3.8) is 0 Å². The zero-order chi connectivity index (χ0) is 24.1. The predicted molar refractivity (Wildman–Crippen MR) is 133 cm³/mol. The fourth-order valence-corrected chi connectivity index (χ4v) is 5.38. The number of carbonyl (C=O) groups is 3. The highest BCUT2D eigenvalue weighted by atomic mass is 35.5. The van der Waals surface area contributed by atoms with Crippen LogP contribution in [0, 0.1) is 5.92 Å². The second-order valence-electron chi connectivity index (χ2n) is 9.09. The highest BCUT2D eigenvalue weighted by Gasteiger charge is 2.33. The van der Waals surface area contributed by atoms with Gasteiger partial charge in [-0.2, -0.15) is 0 Å². The van der Waals surface area contributed by atoms with E-state index in [0.29, 0.717) is 34.3 Å². The average Bonchev–Trinajstić information content (AvgIpc) is 2.84. The SMILES string of the molecule is O=C(N[C@@H]1CCCC[C@H]1NC(=O)C1CCCN(C(=O)c2cc(Cl)cc(Cl)c2)C1)c1ccccc1. The second kappa shape index (κ2) is 11.2. The number of piperidine rings is 1. The van der Waals surface area contributed by atoms with Crippen molar-refractivity contribution in [3.05, 3.63) is 69.7 Å². The molecule has 1 unspecified atom stereocenters. The Morgan fingerprint density at radius 3 is 2.12 bits per heavy atom. The van der Waals surface area contributed by atoms with Crippen LogP contribution in [0.4, 0.5) is 0 Å². The molecule has 1 saturated heterocycles. The van der Waals surface area contributed by atoms with Gasteiger partial charge in [0, 0.05) is 46.3 Å². The molecule has 180 valence electrons. The van der Waals surface area contributed by atoms with Crippen LogP contribution in [0.2, 0.25) is 10.0 Å². The molecule has 1 aliphatic heterocycles. The summed E-state index contributed by atoms with van der Waals surface area (Å²) in [7, 11) is 0. The quantitative estimate of drug-likeness (QED) is 0.622. The number of benzene rings is 2. The van der Waals surface area contributed by atoms with E-state index in [1.165, 1.54) is 0 Å². The fraction of sp³-hybridized carbons (Fsp3) is 0.423. The number of halogens is 2. The molecule has 4 rings (SSSR count). The van der Waals surface area contributed by atoms with Gasteiger partial charge in [-0.25, -0.2) is 0 Å². The van der Waals surface area contributed by atoms with Gasteiger partial charge in [0.1, 0.15) is 0 Å². The maximum absolute atomic E-state index is 13.2. The minimum Gasteiger partial charge on any atom is -0.351 e. The topological polar surface area (TPSA) is 78.5 Å². The van der Waals surface area contributed by atoms with Crippen LogP contribution in [-0.4, -0.2) is 47.8 Å². The van der Waals surface area contributed by atoms with Gasteiger partial charge in [0.2, 0.25) is 5.91 Å². The molecule has 2 fully saturated rings. The number of hydrogen-bond acceptors (Lipinski definition) is 3. The molecular formula is C26H29Cl2N3O3. The van der Waals surface area contributed by atoms with Crippen LogP contribution >= 0.6 is 23.2 Å². The highest BCUT2D eigenvalue weighted by molar-refractivity contribution is 6.35. The van der Waals surface area contributed by atoms with Crippen LogP contribution in [0.25, 0.3) is 0 Å². The molecular weight excluding hydrogens is 473 g/mol. The van der Waals surface area contributed by atoms with E-state index in [2.05, 4.69) is 10.6 Å². The fourth-order valence-electron chi connectivity index (χ4n) is 4.85. The Morgan fingerprint density at radius 1 is 0.794 bits per heavy atom. The molecule has 3 amide bonds. The number of nitrogens with one attached hydrogen (secondary N) is 2. The highest BCUT2D eigenvalue weighted by Crippen LogP contribution is 2.25. The molecule has 6 nitrogen and oxygen atoms in total. The van der Waals surface area contributed by atoms with E-state index in [-0.39, 0.29) is 35.7 Å². The molecule has 8 heteroatoms. The van der Waals surface area contributed by atoms with Crippen molar-refractivity contribution in [3.8, 4) is 0 Å². The summed E-state index contributed by atoms with van der Waals surface area (Å²) in [5.74, 6) is -0.652. The first kappa shape index (κ1) is 24.6. The molecule has 1 aliphatic carbocycles. The Morgan fingerprint density at radius 2 is 1.44 bits per heavy atom. The summed E-state index contributed by atoms with van der Waals surface area (Å²) >= 11 is 12.1. The lowest BCUT2D eigenvalue weighted by Crippen LogP contribution is -2.55. The normalized spacial score (nSPS) is 22.6. The number of carbonyl (C=O) groups excluding carboxylic acids is 3. The number of likely N-dealkylation sites (tertiary alicyclic amines) is 1. The first-order valence-electron chi connectivity index (χ1n) is 11.8. The lowest BCUT2D eigenvalue weighted by atomic mass is 9.88. The number of rotatable bonds is 5. The third-order valence-electron chi connectivity index (χ3n) is 6.63. The molecule has 2 aliphatic rings. The van der Waals surface area contributed by atoms with Crippen LogP contribution in [-0.2, 0) is 4.79 Å². The molecule has 0 radical (unpaired) electrons. The van der Waals surface area contributed by atoms with E-state index >= 15 is 0 Å². The van der Waals surface area contributed by atoms with Crippen molar-refractivity contribution in [2.75, 3.05) is 13.1 Å². The van der Waals surface area contributed by atoms with Crippen LogP contribution in [0.5, 0.6) is 0 Å². The van der Waals surface area contributed by atoms with Gasteiger partial charge >= 0.3 is 0 Å². The molecule has 1 heterocycles. The first-order valence-corrected chi connectivity index (χ1v) is 12.6. The summed E-state index contributed by atoms with van der Waals surface area (Å²) in [4.78, 5) is 40.5. The molecule has 0 aromatic heterocycles. The van der Waals surface area contributed by atoms with E-state index in [0.717, 1.165) is 38.5 Å². The lowest BCUT2D eigenvalue weighted by Gasteiger charge is -2.36. The zero-order valence-electron chi connectivity index (χ0n) is 18.9. The van der Waals surface area contributed by atoms with Crippen molar-refractivity contribution in [1.82, 2.24) is 15.5 Å². The lowest BCUT2D eigenvalue weighted by molar-refractivity contribution is -0.127. The molecule has 34 heavy (non-hydrogen) atoms. The summed E-state index contributed by atoms with van der Waals surface area (Å²) < 4.78 is 0. The number of hydrogen-bond donors (Lipinski definition) is 2. The van der Waals surface area contributed by atoms with Gasteiger partial charge < -0.3 is 15.5 Å². The minimum absolute atomic E-state index is 0.0625. The summed E-state index contributed by atoms with van der Waals surface area (Å²) in [5.41, 5.74) is 1.04. The summed E-state index contributed by atoms with van der Waals surface area (Å²) in [6, 6.07) is 13.7. The smallest absolute Gasteiger partial charge is 0.253 e. The van der Waals surface area contributed by atoms with Crippen molar-refractivity contribution in [2.24, 2.45) is 5.92 Å². The Labute approximate surface area is 210 Å². The van der Waals surface area contributed by atoms with E-state index in [1.54, 1.807) is 35.2 Å². The van der Waals surface area contributed by atoms with Crippen LogP contribution in [0.1, 0.15) is 59.2 Å². The maximum atomic E-state index is 13.2. The number of nitrogens with zero attached hydrogens (tertiary/aromatic N) is 1. The van der Waals surface area contributed by atoms with Crippen LogP contribution < -0.4 is 10.6 Å². The van der Waals surface area contributed by atoms with Crippen LogP contribution in [0.3, 0.4) is 0 Å². The standard InChI is InChI=1S/C26H29Cl2N3O3/c27-20-13-19(14-21(28)15-20)26(34)31-12-6-9-18(16-31)25(33)30-23-11-5-4-10-22(23)29-24(32)17-7-2-1-3-8-17/h1-3,7-8,13-15,18,22-23H,4-6,9-12,16H2,(H,29,32)(H,30,33)/t18?,22-,23-/m1/s1. The average molecular weight is 502 g/mol. The zero-order valence-corrected chi connectivity index (χ0v) is 20.4. The van der Waals surface area contributed by atoms with Gasteiger partial charge in [-0.15, -0.1) is 0 Å². The Bertz CT molecular complexity index is 1030. The van der Waals surface area contributed by atoms with Gasteiger partial charge in [-0.1, -0.05) is 54.2 Å². The predicted octanol–water partition coefficient (Wildman–Crippen LogP) is 4.70. The third-order valence-corrected chi connectivity index (χ3v) is 7.07. The Hall–Kier alpha value is -2.57. The maximum Gasteiger partial charge on any atom is 0.253 e. The molecule has 0 bridgehead atoms. The summed E-state index contributed by atoms with van der Waals surface area (Å²) in [6.45, 7) is 0.939. The monoisotopic (exact) mass is 501 g/mol. The summed E-state index contributed by atoms with van der Waals surface area (Å²) in [6.07, 6.45) is 5.14. The molecule has 0 spiro atoms. The van der Waals surface area contributed by atoms with Crippen molar-refractivity contribution in [1.29, 1.82) is 0 Å². The molecule has 3 atom stereocenters. The minimum atomic E-state index is -0.292. The molecule has 2 N–H and O–H groups in total. The van der Waals surface area contributed by atoms with Crippen molar-refractivity contribution >= 4 is 40.9 Å². The van der Waals surface area contributed by atoms with Crippen molar-refractivity contribution < 1.29 is 14.4 Å².